The zero-order chi connectivity index (χ0) is 14.5. The highest BCUT2D eigenvalue weighted by atomic mass is 19.3. The summed E-state index contributed by atoms with van der Waals surface area (Å²) in [4.78, 5) is 7.97. The van der Waals surface area contributed by atoms with Gasteiger partial charge in [-0.05, 0) is 24.3 Å². The lowest BCUT2D eigenvalue weighted by atomic mass is 10.3. The van der Waals surface area contributed by atoms with Crippen molar-refractivity contribution in [3.05, 3.63) is 30.3 Å². The van der Waals surface area contributed by atoms with E-state index in [-0.39, 0.29) is 11.7 Å². The Morgan fingerprint density at radius 3 is 2.40 bits per heavy atom. The fourth-order valence-corrected chi connectivity index (χ4v) is 1.53. The molecular weight excluding hydrogens is 268 g/mol. The fourth-order valence-electron chi connectivity index (χ4n) is 1.53. The van der Waals surface area contributed by atoms with Gasteiger partial charge in [-0.15, -0.1) is 0 Å². The van der Waals surface area contributed by atoms with Crippen molar-refractivity contribution in [2.45, 2.75) is 6.61 Å². The van der Waals surface area contributed by atoms with Gasteiger partial charge >= 0.3 is 6.61 Å². The van der Waals surface area contributed by atoms with E-state index in [9.17, 15) is 8.78 Å². The van der Waals surface area contributed by atoms with Crippen molar-refractivity contribution in [2.75, 3.05) is 23.4 Å². The van der Waals surface area contributed by atoms with Crippen molar-refractivity contribution in [3.8, 4) is 5.75 Å². The van der Waals surface area contributed by atoms with Crippen molar-refractivity contribution in [2.24, 2.45) is 0 Å². The molecule has 0 aliphatic heterocycles. The molecule has 0 atom stereocenters. The van der Waals surface area contributed by atoms with E-state index in [2.05, 4.69) is 25.3 Å². The molecule has 0 bridgehead atoms. The van der Waals surface area contributed by atoms with Gasteiger partial charge < -0.3 is 21.1 Å². The van der Waals surface area contributed by atoms with Gasteiger partial charge in [-0.3, -0.25) is 0 Å². The molecule has 0 radical (unpaired) electrons. The first kappa shape index (κ1) is 13.8. The molecule has 2 aromatic rings. The third-order valence-corrected chi connectivity index (χ3v) is 2.35. The maximum atomic E-state index is 12.0. The van der Waals surface area contributed by atoms with Crippen LogP contribution in [0.15, 0.2) is 30.3 Å². The van der Waals surface area contributed by atoms with Gasteiger partial charge in [0.25, 0.3) is 0 Å². The van der Waals surface area contributed by atoms with E-state index in [4.69, 9.17) is 5.73 Å². The minimum atomic E-state index is -2.84. The minimum Gasteiger partial charge on any atom is -0.435 e. The predicted octanol–water partition coefficient (Wildman–Crippen LogP) is 2.45. The summed E-state index contributed by atoms with van der Waals surface area (Å²) < 4.78 is 28.3. The molecule has 1 aromatic carbocycles. The Hall–Kier alpha value is -2.64. The molecule has 1 aromatic heterocycles. The second-order valence-corrected chi connectivity index (χ2v) is 3.77. The molecular formula is C12H13F2N5O. The van der Waals surface area contributed by atoms with E-state index in [0.717, 1.165) is 0 Å². The van der Waals surface area contributed by atoms with E-state index < -0.39 is 6.61 Å². The Morgan fingerprint density at radius 1 is 1.15 bits per heavy atom. The number of benzene rings is 1. The van der Waals surface area contributed by atoms with E-state index in [0.29, 0.717) is 17.3 Å². The number of hydrogen-bond donors (Lipinski definition) is 3. The maximum Gasteiger partial charge on any atom is 0.387 e. The number of hydrogen-bond acceptors (Lipinski definition) is 6. The van der Waals surface area contributed by atoms with Crippen LogP contribution >= 0.6 is 0 Å². The molecule has 6 nitrogen and oxygen atoms in total. The van der Waals surface area contributed by atoms with Gasteiger partial charge in [-0.2, -0.15) is 18.7 Å². The van der Waals surface area contributed by atoms with Crippen molar-refractivity contribution in [1.29, 1.82) is 0 Å². The molecule has 0 spiro atoms. The van der Waals surface area contributed by atoms with E-state index >= 15 is 0 Å². The SMILES string of the molecule is CNc1cc(Nc2ccc(OC(F)F)cc2)nc(N)n1. The highest BCUT2D eigenvalue weighted by Crippen LogP contribution is 2.21. The Balaban J connectivity index is 2.11. The molecule has 0 fully saturated rings. The van der Waals surface area contributed by atoms with Crippen molar-refractivity contribution < 1.29 is 13.5 Å². The van der Waals surface area contributed by atoms with Gasteiger partial charge in [-0.25, -0.2) is 0 Å². The van der Waals surface area contributed by atoms with Crippen LogP contribution in [0.4, 0.5) is 32.1 Å². The Labute approximate surface area is 114 Å². The molecule has 0 unspecified atom stereocenters. The summed E-state index contributed by atoms with van der Waals surface area (Å²) in [6, 6.07) is 7.71. The minimum absolute atomic E-state index is 0.0867. The first-order valence-corrected chi connectivity index (χ1v) is 5.71. The van der Waals surface area contributed by atoms with Crippen LogP contribution in [0.25, 0.3) is 0 Å². The molecule has 2 rings (SSSR count). The summed E-state index contributed by atoms with van der Waals surface area (Å²) in [7, 11) is 1.71. The molecule has 0 amide bonds. The Kier molecular flexibility index (Phi) is 4.14. The molecule has 0 aliphatic carbocycles. The molecule has 4 N–H and O–H groups in total. The fraction of sp³-hybridized carbons (Fsp3) is 0.167. The molecule has 0 aliphatic rings. The van der Waals surface area contributed by atoms with Crippen LogP contribution in [0.5, 0.6) is 5.75 Å². The lowest BCUT2D eigenvalue weighted by Crippen LogP contribution is -2.04. The zero-order valence-corrected chi connectivity index (χ0v) is 10.6. The number of ether oxygens (including phenoxy) is 1. The summed E-state index contributed by atoms with van der Waals surface area (Å²) in [5.41, 5.74) is 6.22. The van der Waals surface area contributed by atoms with Crippen LogP contribution in [0.3, 0.4) is 0 Å². The molecule has 0 saturated heterocycles. The van der Waals surface area contributed by atoms with Gasteiger partial charge in [0, 0.05) is 18.8 Å². The van der Waals surface area contributed by atoms with Gasteiger partial charge in [-0.1, -0.05) is 0 Å². The van der Waals surface area contributed by atoms with Gasteiger partial charge in [0.15, 0.2) is 0 Å². The summed E-state index contributed by atoms with van der Waals surface area (Å²) >= 11 is 0. The standard InChI is InChI=1S/C12H13F2N5O/c1-16-9-6-10(19-12(15)18-9)17-7-2-4-8(5-3-7)20-11(13)14/h2-6,11H,1H3,(H4,15,16,17,18,19). The third-order valence-electron chi connectivity index (χ3n) is 2.35. The van der Waals surface area contributed by atoms with Crippen LogP contribution < -0.4 is 21.1 Å². The molecule has 1 heterocycles. The van der Waals surface area contributed by atoms with Crippen LogP contribution in [0, 0.1) is 0 Å². The average molecular weight is 281 g/mol. The number of rotatable bonds is 5. The normalized spacial score (nSPS) is 10.4. The molecule has 20 heavy (non-hydrogen) atoms. The second-order valence-electron chi connectivity index (χ2n) is 3.77. The number of anilines is 4. The van der Waals surface area contributed by atoms with Gasteiger partial charge in [0.05, 0.1) is 0 Å². The number of nitrogen functional groups attached to an aromatic ring is 1. The lowest BCUT2D eigenvalue weighted by Gasteiger charge is -2.09. The first-order chi connectivity index (χ1) is 9.56. The number of alkyl halides is 2. The summed E-state index contributed by atoms with van der Waals surface area (Å²) in [6.45, 7) is -2.84. The van der Waals surface area contributed by atoms with Crippen molar-refractivity contribution >= 4 is 23.3 Å². The Bertz CT molecular complexity index is 577. The molecule has 0 saturated carbocycles. The molecule has 106 valence electrons. The van der Waals surface area contributed by atoms with Gasteiger partial charge in [0.2, 0.25) is 5.95 Å². The zero-order valence-electron chi connectivity index (χ0n) is 10.6. The quantitative estimate of drug-likeness (QED) is 0.780. The predicted molar refractivity (Wildman–Crippen MR) is 72.3 cm³/mol. The Morgan fingerprint density at radius 2 is 1.80 bits per heavy atom. The third kappa shape index (κ3) is 3.67. The van der Waals surface area contributed by atoms with Crippen LogP contribution in [-0.4, -0.2) is 23.6 Å². The number of halogens is 2. The van der Waals surface area contributed by atoms with Crippen LogP contribution in [0.1, 0.15) is 0 Å². The average Bonchev–Trinajstić information content (AvgIpc) is 2.39. The van der Waals surface area contributed by atoms with Gasteiger partial charge in [0.1, 0.15) is 17.4 Å². The number of nitrogens with one attached hydrogen (secondary N) is 2. The first-order valence-electron chi connectivity index (χ1n) is 5.71. The smallest absolute Gasteiger partial charge is 0.387 e. The van der Waals surface area contributed by atoms with Crippen molar-refractivity contribution in [1.82, 2.24) is 9.97 Å². The van der Waals surface area contributed by atoms with E-state index in [1.165, 1.54) is 12.1 Å². The summed E-state index contributed by atoms with van der Waals surface area (Å²) in [5.74, 6) is 1.27. The highest BCUT2D eigenvalue weighted by Gasteiger charge is 2.05. The van der Waals surface area contributed by atoms with Crippen molar-refractivity contribution in [3.63, 3.8) is 0 Å². The number of aromatic nitrogens is 2. The summed E-state index contributed by atoms with van der Waals surface area (Å²) in [5, 5.41) is 5.84. The second kappa shape index (κ2) is 6.00. The topological polar surface area (TPSA) is 85.1 Å². The largest absolute Gasteiger partial charge is 0.435 e. The van der Waals surface area contributed by atoms with E-state index in [1.807, 2.05) is 0 Å². The van der Waals surface area contributed by atoms with E-state index in [1.54, 1.807) is 25.2 Å². The highest BCUT2D eigenvalue weighted by molar-refractivity contribution is 5.61. The number of nitrogens with zero attached hydrogens (tertiary/aromatic N) is 2. The monoisotopic (exact) mass is 281 g/mol. The summed E-state index contributed by atoms with van der Waals surface area (Å²) in [6.07, 6.45) is 0. The lowest BCUT2D eigenvalue weighted by molar-refractivity contribution is -0.0498. The number of nitrogens with two attached hydrogens (primary N) is 1. The maximum absolute atomic E-state index is 12.0. The van der Waals surface area contributed by atoms with Crippen LogP contribution in [-0.2, 0) is 0 Å². The van der Waals surface area contributed by atoms with Crippen LogP contribution in [0.2, 0.25) is 0 Å². The molecule has 8 heteroatoms.